The third kappa shape index (κ3) is 2.82. The van der Waals surface area contributed by atoms with E-state index in [1.54, 1.807) is 0 Å². The third-order valence-corrected chi connectivity index (χ3v) is 3.01. The lowest BCUT2D eigenvalue weighted by atomic mass is 10.3. The molecule has 0 N–H and O–H groups in total. The predicted molar refractivity (Wildman–Crippen MR) is 49.9 cm³/mol. The fourth-order valence-electron chi connectivity index (χ4n) is 0.857. The quantitative estimate of drug-likeness (QED) is 0.621. The second kappa shape index (κ2) is 4.26. The summed E-state index contributed by atoms with van der Waals surface area (Å²) in [5, 5.41) is -1.17. The molecule has 0 saturated carbocycles. The van der Waals surface area contributed by atoms with Crippen molar-refractivity contribution in [2.24, 2.45) is 0 Å². The molecule has 0 atom stereocenters. The van der Waals surface area contributed by atoms with Crippen LogP contribution in [-0.2, 0) is 9.05 Å². The molecule has 9 heteroatoms. The van der Waals surface area contributed by atoms with Gasteiger partial charge in [0.05, 0.1) is 5.56 Å². The molecule has 1 heterocycles. The predicted octanol–water partition coefficient (Wildman–Crippen LogP) is 2.85. The van der Waals surface area contributed by atoms with Crippen molar-refractivity contribution in [2.75, 3.05) is 0 Å². The number of nitrogens with zero attached hydrogens (tertiary/aromatic N) is 1. The number of rotatable bonds is 2. The highest BCUT2D eigenvalue weighted by atomic mass is 79.9. The Hall–Kier alpha value is -0.340. The van der Waals surface area contributed by atoms with Crippen LogP contribution in [0, 0.1) is 5.82 Å². The van der Waals surface area contributed by atoms with Crippen LogP contribution in [-0.4, -0.2) is 13.4 Å². The smallest absolute Gasteiger partial charge is 0.227 e. The number of hydrogen-bond donors (Lipinski definition) is 0. The van der Waals surface area contributed by atoms with E-state index >= 15 is 0 Å². The third-order valence-electron chi connectivity index (χ3n) is 1.39. The van der Waals surface area contributed by atoms with E-state index in [1.165, 1.54) is 0 Å². The van der Waals surface area contributed by atoms with Crippen molar-refractivity contribution < 1.29 is 21.6 Å². The number of aromatic nitrogens is 1. The van der Waals surface area contributed by atoms with E-state index in [9.17, 15) is 21.6 Å². The standard InChI is InChI=1S/C6H2BrClF3NO2S/c7-3-1-2(9)4(5(10)11)6(12-3)15(8,13)14/h1,5H. The Morgan fingerprint density at radius 1 is 1.47 bits per heavy atom. The molecule has 15 heavy (non-hydrogen) atoms. The Balaban J connectivity index is 3.62. The molecule has 0 aliphatic carbocycles. The van der Waals surface area contributed by atoms with Crippen molar-refractivity contribution in [2.45, 2.75) is 11.5 Å². The van der Waals surface area contributed by atoms with Gasteiger partial charge in [0.25, 0.3) is 15.5 Å². The summed E-state index contributed by atoms with van der Waals surface area (Å²) in [5.74, 6) is -1.38. The number of hydrogen-bond acceptors (Lipinski definition) is 3. The lowest BCUT2D eigenvalue weighted by molar-refractivity contribution is 0.141. The van der Waals surface area contributed by atoms with Crippen molar-refractivity contribution in [3.63, 3.8) is 0 Å². The van der Waals surface area contributed by atoms with Gasteiger partial charge in [-0.3, -0.25) is 0 Å². The average Bonchev–Trinajstić information content (AvgIpc) is 1.99. The van der Waals surface area contributed by atoms with Crippen LogP contribution in [0.15, 0.2) is 15.7 Å². The largest absolute Gasteiger partial charge is 0.279 e. The molecule has 0 spiro atoms. The van der Waals surface area contributed by atoms with Gasteiger partial charge in [-0.05, 0) is 15.9 Å². The van der Waals surface area contributed by atoms with Gasteiger partial charge in [-0.2, -0.15) is 0 Å². The lowest BCUT2D eigenvalue weighted by Gasteiger charge is -2.06. The molecule has 1 aromatic rings. The van der Waals surface area contributed by atoms with Crippen molar-refractivity contribution in [1.82, 2.24) is 4.98 Å². The van der Waals surface area contributed by atoms with Gasteiger partial charge in [-0.1, -0.05) is 0 Å². The van der Waals surface area contributed by atoms with Crippen LogP contribution in [0.25, 0.3) is 0 Å². The second-order valence-corrected chi connectivity index (χ2v) is 5.68. The van der Waals surface area contributed by atoms with E-state index in [2.05, 4.69) is 20.9 Å². The summed E-state index contributed by atoms with van der Waals surface area (Å²) in [7, 11) is 0.328. The zero-order valence-electron chi connectivity index (χ0n) is 6.72. The summed E-state index contributed by atoms with van der Waals surface area (Å²) in [6, 6.07) is 0.632. The summed E-state index contributed by atoms with van der Waals surface area (Å²) >= 11 is 2.67. The molecule has 0 radical (unpaired) electrons. The molecule has 84 valence electrons. The van der Waals surface area contributed by atoms with Gasteiger partial charge in [-0.15, -0.1) is 0 Å². The normalized spacial score (nSPS) is 12.1. The van der Waals surface area contributed by atoms with Gasteiger partial charge in [0, 0.05) is 16.7 Å². The molecular formula is C6H2BrClF3NO2S. The van der Waals surface area contributed by atoms with E-state index in [1.807, 2.05) is 0 Å². The van der Waals surface area contributed by atoms with Crippen molar-refractivity contribution in [1.29, 1.82) is 0 Å². The molecule has 1 aromatic heterocycles. The van der Waals surface area contributed by atoms with Gasteiger partial charge < -0.3 is 0 Å². The lowest BCUT2D eigenvalue weighted by Crippen LogP contribution is -2.05. The highest BCUT2D eigenvalue weighted by Crippen LogP contribution is 2.31. The maximum atomic E-state index is 13.0. The van der Waals surface area contributed by atoms with Crippen molar-refractivity contribution in [3.8, 4) is 0 Å². The number of pyridine rings is 1. The van der Waals surface area contributed by atoms with Gasteiger partial charge in [0.15, 0.2) is 5.03 Å². The fraction of sp³-hybridized carbons (Fsp3) is 0.167. The molecule has 0 fully saturated rings. The molecule has 0 amide bonds. The minimum atomic E-state index is -4.51. The van der Waals surface area contributed by atoms with E-state index in [0.29, 0.717) is 6.07 Å². The van der Waals surface area contributed by atoms with E-state index < -0.39 is 31.9 Å². The Kier molecular flexibility index (Phi) is 3.62. The first-order chi connectivity index (χ1) is 6.73. The highest BCUT2D eigenvalue weighted by molar-refractivity contribution is 9.10. The van der Waals surface area contributed by atoms with Crippen LogP contribution in [0.4, 0.5) is 13.2 Å². The number of alkyl halides is 2. The summed E-state index contributed by atoms with van der Waals surface area (Å²) in [6.45, 7) is 0. The summed E-state index contributed by atoms with van der Waals surface area (Å²) in [4.78, 5) is 3.20. The zero-order chi connectivity index (χ0) is 11.8. The SMILES string of the molecule is O=S(=O)(Cl)c1nc(Br)cc(F)c1C(F)F. The maximum Gasteiger partial charge on any atom is 0.279 e. The monoisotopic (exact) mass is 323 g/mol. The Morgan fingerprint density at radius 3 is 2.40 bits per heavy atom. The van der Waals surface area contributed by atoms with Gasteiger partial charge in [0.1, 0.15) is 10.4 Å². The van der Waals surface area contributed by atoms with Gasteiger partial charge >= 0.3 is 0 Å². The average molecular weight is 325 g/mol. The molecule has 0 unspecified atom stereocenters. The van der Waals surface area contributed by atoms with Crippen LogP contribution in [0.3, 0.4) is 0 Å². The van der Waals surface area contributed by atoms with Crippen molar-refractivity contribution in [3.05, 3.63) is 22.1 Å². The van der Waals surface area contributed by atoms with Crippen LogP contribution in [0.2, 0.25) is 0 Å². The van der Waals surface area contributed by atoms with Crippen LogP contribution in [0.1, 0.15) is 12.0 Å². The Bertz CT molecular complexity index is 493. The second-order valence-electron chi connectivity index (χ2n) is 2.38. The summed E-state index contributed by atoms with van der Waals surface area (Å²) in [6.07, 6.45) is -3.31. The van der Waals surface area contributed by atoms with E-state index in [4.69, 9.17) is 10.7 Å². The summed E-state index contributed by atoms with van der Waals surface area (Å²) in [5.41, 5.74) is -1.33. The highest BCUT2D eigenvalue weighted by Gasteiger charge is 2.28. The Labute approximate surface area is 95.8 Å². The molecule has 0 bridgehead atoms. The molecule has 3 nitrogen and oxygen atoms in total. The minimum Gasteiger partial charge on any atom is -0.227 e. The molecular weight excluding hydrogens is 322 g/mol. The molecule has 1 rings (SSSR count). The molecule has 0 aliphatic rings. The molecule has 0 aromatic carbocycles. The minimum absolute atomic E-state index is 0.233. The first-order valence-electron chi connectivity index (χ1n) is 3.32. The van der Waals surface area contributed by atoms with Crippen LogP contribution in [0.5, 0.6) is 0 Å². The van der Waals surface area contributed by atoms with E-state index in [0.717, 1.165) is 0 Å². The first kappa shape index (κ1) is 12.7. The van der Waals surface area contributed by atoms with Crippen LogP contribution >= 0.6 is 26.6 Å². The fourth-order valence-corrected chi connectivity index (χ4v) is 2.36. The molecule has 0 aliphatic heterocycles. The maximum absolute atomic E-state index is 13.0. The van der Waals surface area contributed by atoms with Crippen molar-refractivity contribution >= 4 is 35.7 Å². The zero-order valence-corrected chi connectivity index (χ0v) is 9.87. The Morgan fingerprint density at radius 2 is 2.00 bits per heavy atom. The first-order valence-corrected chi connectivity index (χ1v) is 6.42. The summed E-state index contributed by atoms with van der Waals surface area (Å²) < 4.78 is 59.1. The van der Waals surface area contributed by atoms with E-state index in [-0.39, 0.29) is 4.60 Å². The molecule has 0 saturated heterocycles. The van der Waals surface area contributed by atoms with Gasteiger partial charge in [0.2, 0.25) is 0 Å². The van der Waals surface area contributed by atoms with Gasteiger partial charge in [-0.25, -0.2) is 26.6 Å². The van der Waals surface area contributed by atoms with Crippen LogP contribution < -0.4 is 0 Å². The number of halogens is 5. The topological polar surface area (TPSA) is 47.0 Å².